The molecule has 116 valence electrons. The third kappa shape index (κ3) is 3.78. The molecule has 21 heavy (non-hydrogen) atoms. The second-order valence-electron chi connectivity index (χ2n) is 7.41. The number of carbonyl (C=O) groups excluding carboxylic acids is 1. The first-order valence-electron chi connectivity index (χ1n) is 7.91. The second kappa shape index (κ2) is 6.08. The van der Waals surface area contributed by atoms with Crippen LogP contribution in [0.4, 0.5) is 5.69 Å². The number of carbonyl (C=O) groups is 1. The molecule has 1 aromatic rings. The van der Waals surface area contributed by atoms with Crippen LogP contribution < -0.4 is 10.6 Å². The second-order valence-corrected chi connectivity index (χ2v) is 7.41. The van der Waals surface area contributed by atoms with Gasteiger partial charge >= 0.3 is 0 Å². The van der Waals surface area contributed by atoms with Gasteiger partial charge in [-0.1, -0.05) is 45.9 Å². The summed E-state index contributed by atoms with van der Waals surface area (Å²) in [6.45, 7) is 11.7. The lowest BCUT2D eigenvalue weighted by molar-refractivity contribution is -0.125. The van der Waals surface area contributed by atoms with Gasteiger partial charge in [0, 0.05) is 18.3 Å². The van der Waals surface area contributed by atoms with Crippen molar-refractivity contribution in [3.8, 4) is 0 Å². The standard InChI is InChI=1S/C18H28N2O/c1-12(18(3,4)5)11-19-17(21)15-10-14-8-6-7-9-16(14)20-13(15)2/h6-9,12-13,15,20H,10-11H2,1-5H3,(H,19,21). The lowest BCUT2D eigenvalue weighted by Crippen LogP contribution is -2.45. The van der Waals surface area contributed by atoms with Gasteiger partial charge in [0.05, 0.1) is 5.92 Å². The van der Waals surface area contributed by atoms with E-state index in [9.17, 15) is 4.79 Å². The monoisotopic (exact) mass is 288 g/mol. The van der Waals surface area contributed by atoms with Crippen LogP contribution in [0.15, 0.2) is 24.3 Å². The Morgan fingerprint density at radius 1 is 1.38 bits per heavy atom. The maximum Gasteiger partial charge on any atom is 0.225 e. The molecule has 0 saturated heterocycles. The first-order chi connectivity index (χ1) is 9.79. The Bertz CT molecular complexity index is 504. The number of rotatable bonds is 3. The van der Waals surface area contributed by atoms with E-state index in [0.29, 0.717) is 5.92 Å². The maximum absolute atomic E-state index is 12.5. The minimum absolute atomic E-state index is 0.00654. The van der Waals surface area contributed by atoms with Crippen LogP contribution in [0.25, 0.3) is 0 Å². The number of hydrogen-bond donors (Lipinski definition) is 2. The molecule has 0 spiro atoms. The summed E-state index contributed by atoms with van der Waals surface area (Å²) in [6.07, 6.45) is 0.820. The number of benzene rings is 1. The molecule has 1 heterocycles. The van der Waals surface area contributed by atoms with E-state index < -0.39 is 0 Å². The Hall–Kier alpha value is -1.51. The smallest absolute Gasteiger partial charge is 0.225 e. The van der Waals surface area contributed by atoms with Gasteiger partial charge in [-0.3, -0.25) is 4.79 Å². The predicted octanol–water partition coefficient (Wildman–Crippen LogP) is 3.46. The zero-order valence-electron chi connectivity index (χ0n) is 13.9. The molecule has 3 nitrogen and oxygen atoms in total. The third-order valence-electron chi connectivity index (χ3n) is 4.84. The molecule has 0 aromatic heterocycles. The minimum Gasteiger partial charge on any atom is -0.382 e. The Balaban J connectivity index is 1.97. The van der Waals surface area contributed by atoms with Crippen LogP contribution in [0, 0.1) is 17.3 Å². The molecule has 1 amide bonds. The average molecular weight is 288 g/mol. The number of amides is 1. The van der Waals surface area contributed by atoms with Gasteiger partial charge in [0.15, 0.2) is 0 Å². The maximum atomic E-state index is 12.5. The van der Waals surface area contributed by atoms with Crippen molar-refractivity contribution in [1.82, 2.24) is 5.32 Å². The fraction of sp³-hybridized carbons (Fsp3) is 0.611. The molecule has 1 aliphatic heterocycles. The van der Waals surface area contributed by atoms with Crippen LogP contribution in [0.1, 0.15) is 40.2 Å². The van der Waals surface area contributed by atoms with Crippen molar-refractivity contribution in [3.05, 3.63) is 29.8 Å². The molecule has 0 aliphatic carbocycles. The lowest BCUT2D eigenvalue weighted by Gasteiger charge is -2.33. The van der Waals surface area contributed by atoms with Gasteiger partial charge in [-0.25, -0.2) is 0 Å². The van der Waals surface area contributed by atoms with Crippen LogP contribution >= 0.6 is 0 Å². The zero-order valence-corrected chi connectivity index (χ0v) is 13.9. The van der Waals surface area contributed by atoms with E-state index >= 15 is 0 Å². The highest BCUT2D eigenvalue weighted by molar-refractivity contribution is 5.81. The van der Waals surface area contributed by atoms with E-state index in [1.807, 2.05) is 12.1 Å². The Morgan fingerprint density at radius 3 is 2.71 bits per heavy atom. The van der Waals surface area contributed by atoms with Crippen LogP contribution in [0.5, 0.6) is 0 Å². The molecule has 3 unspecified atom stereocenters. The SMILES string of the molecule is CC1Nc2ccccc2CC1C(=O)NCC(C)C(C)(C)C. The molecule has 0 bridgehead atoms. The highest BCUT2D eigenvalue weighted by Crippen LogP contribution is 2.29. The van der Waals surface area contributed by atoms with Gasteiger partial charge in [0.2, 0.25) is 5.91 Å². The number of hydrogen-bond acceptors (Lipinski definition) is 2. The van der Waals surface area contributed by atoms with Crippen molar-refractivity contribution in [1.29, 1.82) is 0 Å². The number of anilines is 1. The van der Waals surface area contributed by atoms with Crippen molar-refractivity contribution >= 4 is 11.6 Å². The van der Waals surface area contributed by atoms with Gasteiger partial charge < -0.3 is 10.6 Å². The van der Waals surface area contributed by atoms with Gasteiger partial charge in [0.1, 0.15) is 0 Å². The molecule has 2 N–H and O–H groups in total. The molecule has 3 heteroatoms. The summed E-state index contributed by atoms with van der Waals surface area (Å²) in [7, 11) is 0. The van der Waals surface area contributed by atoms with E-state index in [-0.39, 0.29) is 23.3 Å². The first-order valence-corrected chi connectivity index (χ1v) is 7.91. The Kier molecular flexibility index (Phi) is 4.60. The Morgan fingerprint density at radius 2 is 2.05 bits per heavy atom. The topological polar surface area (TPSA) is 41.1 Å². The van der Waals surface area contributed by atoms with Crippen LogP contribution in [0.2, 0.25) is 0 Å². The highest BCUT2D eigenvalue weighted by Gasteiger charge is 2.31. The van der Waals surface area contributed by atoms with Crippen molar-refractivity contribution in [2.24, 2.45) is 17.3 Å². The van der Waals surface area contributed by atoms with E-state index in [0.717, 1.165) is 18.7 Å². The van der Waals surface area contributed by atoms with E-state index in [1.54, 1.807) is 0 Å². The van der Waals surface area contributed by atoms with Crippen LogP contribution in [-0.2, 0) is 11.2 Å². The number of nitrogens with one attached hydrogen (secondary N) is 2. The summed E-state index contributed by atoms with van der Waals surface area (Å²) in [6, 6.07) is 8.43. The molecule has 1 aliphatic rings. The molecular formula is C18H28N2O. The summed E-state index contributed by atoms with van der Waals surface area (Å²) in [5.41, 5.74) is 2.62. The van der Waals surface area contributed by atoms with Crippen molar-refractivity contribution in [3.63, 3.8) is 0 Å². The van der Waals surface area contributed by atoms with Crippen LogP contribution in [0.3, 0.4) is 0 Å². The normalized spacial score (nSPS) is 22.9. The summed E-state index contributed by atoms with van der Waals surface area (Å²) < 4.78 is 0. The largest absolute Gasteiger partial charge is 0.382 e. The summed E-state index contributed by atoms with van der Waals surface area (Å²) in [5.74, 6) is 0.633. The molecule has 0 saturated carbocycles. The van der Waals surface area contributed by atoms with Gasteiger partial charge in [-0.2, -0.15) is 0 Å². The molecular weight excluding hydrogens is 260 g/mol. The molecule has 1 aromatic carbocycles. The zero-order chi connectivity index (χ0) is 15.6. The Labute approximate surface area is 128 Å². The number of fused-ring (bicyclic) bond motifs is 1. The quantitative estimate of drug-likeness (QED) is 0.894. The first kappa shape index (κ1) is 15.9. The van der Waals surface area contributed by atoms with Crippen molar-refractivity contribution < 1.29 is 4.79 Å². The van der Waals surface area contributed by atoms with Gasteiger partial charge in [-0.05, 0) is 36.3 Å². The van der Waals surface area contributed by atoms with Gasteiger partial charge in [-0.15, -0.1) is 0 Å². The van der Waals surface area contributed by atoms with Gasteiger partial charge in [0.25, 0.3) is 0 Å². The molecule has 3 atom stereocenters. The molecule has 0 fully saturated rings. The fourth-order valence-electron chi connectivity index (χ4n) is 2.61. The van der Waals surface area contributed by atoms with Crippen molar-refractivity contribution in [2.75, 3.05) is 11.9 Å². The summed E-state index contributed by atoms with van der Waals surface area (Å²) >= 11 is 0. The van der Waals surface area contributed by atoms with E-state index in [4.69, 9.17) is 0 Å². The summed E-state index contributed by atoms with van der Waals surface area (Å²) in [4.78, 5) is 12.5. The molecule has 2 rings (SSSR count). The van der Waals surface area contributed by atoms with Crippen LogP contribution in [-0.4, -0.2) is 18.5 Å². The van der Waals surface area contributed by atoms with Crippen molar-refractivity contribution in [2.45, 2.75) is 47.1 Å². The summed E-state index contributed by atoms with van der Waals surface area (Å²) in [5, 5.41) is 6.59. The predicted molar refractivity (Wildman–Crippen MR) is 88.3 cm³/mol. The van der Waals surface area contributed by atoms with E-state index in [2.05, 4.69) is 57.4 Å². The lowest BCUT2D eigenvalue weighted by atomic mass is 9.82. The van der Waals surface area contributed by atoms with E-state index in [1.165, 1.54) is 5.56 Å². The highest BCUT2D eigenvalue weighted by atomic mass is 16.1. The minimum atomic E-state index is 0.00654. The average Bonchev–Trinajstić information content (AvgIpc) is 2.42. The third-order valence-corrected chi connectivity index (χ3v) is 4.84. The fourth-order valence-corrected chi connectivity index (χ4v) is 2.61. The molecule has 0 radical (unpaired) electrons. The number of para-hydroxylation sites is 1.